The molecule has 1 N–H and O–H groups in total. The summed E-state index contributed by atoms with van der Waals surface area (Å²) in [6.45, 7) is 1.51. The molecule has 1 aromatic rings. The number of aryl methyl sites for hydroxylation is 1. The topological polar surface area (TPSA) is 80.1 Å². The third kappa shape index (κ3) is 4.49. The van der Waals surface area contributed by atoms with E-state index in [2.05, 4.69) is 15.5 Å². The van der Waals surface area contributed by atoms with Crippen LogP contribution in [0.4, 0.5) is 0 Å². The van der Waals surface area contributed by atoms with Gasteiger partial charge in [0.05, 0.1) is 11.8 Å². The Bertz CT molecular complexity index is 585. The van der Waals surface area contributed by atoms with E-state index in [1.54, 1.807) is 10.9 Å². The van der Waals surface area contributed by atoms with Gasteiger partial charge in [0.25, 0.3) is 0 Å². The van der Waals surface area contributed by atoms with Gasteiger partial charge in [-0.05, 0) is 18.8 Å². The molecule has 2 heterocycles. The Morgan fingerprint density at radius 3 is 2.88 bits per heavy atom. The van der Waals surface area contributed by atoms with Crippen molar-refractivity contribution in [2.45, 2.75) is 49.7 Å². The van der Waals surface area contributed by atoms with E-state index in [0.29, 0.717) is 29.8 Å². The number of carbonyl (C=O) groups excluding carboxylic acids is 2. The fraction of sp³-hybridized carbons (Fsp3) is 0.750. The molecule has 1 saturated heterocycles. The van der Waals surface area contributed by atoms with Crippen molar-refractivity contribution in [2.75, 3.05) is 18.8 Å². The maximum Gasteiger partial charge on any atom is 0.230 e. The minimum absolute atomic E-state index is 0.0553. The van der Waals surface area contributed by atoms with Crippen LogP contribution in [-0.2, 0) is 16.6 Å². The minimum Gasteiger partial charge on any atom is -0.350 e. The van der Waals surface area contributed by atoms with Crippen LogP contribution in [0.2, 0.25) is 0 Å². The zero-order chi connectivity index (χ0) is 16.9. The van der Waals surface area contributed by atoms with E-state index in [9.17, 15) is 9.59 Å². The molecule has 132 valence electrons. The Morgan fingerprint density at radius 1 is 1.38 bits per heavy atom. The number of thioether (sulfide) groups is 1. The predicted octanol–water partition coefficient (Wildman–Crippen LogP) is 1.20. The Labute approximate surface area is 146 Å². The molecule has 1 aliphatic heterocycles. The third-order valence-electron chi connectivity index (χ3n) is 4.79. The van der Waals surface area contributed by atoms with E-state index in [1.165, 1.54) is 43.9 Å². The van der Waals surface area contributed by atoms with Gasteiger partial charge in [-0.2, -0.15) is 0 Å². The number of aromatic nitrogens is 3. The van der Waals surface area contributed by atoms with Gasteiger partial charge >= 0.3 is 0 Å². The molecule has 0 spiro atoms. The van der Waals surface area contributed by atoms with Crippen molar-refractivity contribution < 1.29 is 9.59 Å². The Hall–Kier alpha value is -1.57. The summed E-state index contributed by atoms with van der Waals surface area (Å²) >= 11 is 1.35. The van der Waals surface area contributed by atoms with E-state index in [1.807, 2.05) is 11.9 Å². The van der Waals surface area contributed by atoms with Gasteiger partial charge < -0.3 is 14.8 Å². The molecule has 8 heteroatoms. The molecular weight excluding hydrogens is 326 g/mol. The fourth-order valence-electron chi connectivity index (χ4n) is 3.53. The van der Waals surface area contributed by atoms with E-state index < -0.39 is 0 Å². The number of hydrogen-bond donors (Lipinski definition) is 1. The van der Waals surface area contributed by atoms with Gasteiger partial charge in [0, 0.05) is 26.6 Å². The van der Waals surface area contributed by atoms with Crippen LogP contribution >= 0.6 is 11.8 Å². The lowest BCUT2D eigenvalue weighted by atomic mass is 9.89. The number of hydrogen-bond acceptors (Lipinski definition) is 5. The van der Waals surface area contributed by atoms with Crippen LogP contribution in [0.15, 0.2) is 11.5 Å². The van der Waals surface area contributed by atoms with Gasteiger partial charge in [0.2, 0.25) is 11.8 Å². The molecule has 2 fully saturated rings. The predicted molar refractivity (Wildman–Crippen MR) is 91.4 cm³/mol. The lowest BCUT2D eigenvalue weighted by Crippen LogP contribution is -2.39. The van der Waals surface area contributed by atoms with Crippen LogP contribution in [0.3, 0.4) is 0 Å². The first-order chi connectivity index (χ1) is 11.6. The van der Waals surface area contributed by atoms with Crippen molar-refractivity contribution in [3.8, 4) is 0 Å². The molecule has 0 radical (unpaired) electrons. The number of amides is 2. The highest BCUT2D eigenvalue weighted by atomic mass is 32.2. The summed E-state index contributed by atoms with van der Waals surface area (Å²) in [5, 5.41) is 11.4. The van der Waals surface area contributed by atoms with E-state index in [4.69, 9.17) is 0 Å². The van der Waals surface area contributed by atoms with Gasteiger partial charge in [-0.15, -0.1) is 10.2 Å². The Balaban J connectivity index is 1.41. The first-order valence-electron chi connectivity index (χ1n) is 8.65. The first-order valence-corrected chi connectivity index (χ1v) is 9.64. The first kappa shape index (κ1) is 17.3. The summed E-state index contributed by atoms with van der Waals surface area (Å²) in [5.41, 5.74) is 0. The second kappa shape index (κ2) is 8.00. The van der Waals surface area contributed by atoms with Crippen molar-refractivity contribution in [1.82, 2.24) is 25.0 Å². The second-order valence-corrected chi connectivity index (χ2v) is 7.73. The normalized spacial score (nSPS) is 22.1. The monoisotopic (exact) mass is 351 g/mol. The van der Waals surface area contributed by atoms with Crippen molar-refractivity contribution in [3.63, 3.8) is 0 Å². The summed E-state index contributed by atoms with van der Waals surface area (Å²) in [4.78, 5) is 26.2. The molecular formula is C16H25N5O2S. The summed E-state index contributed by atoms with van der Waals surface area (Å²) < 4.78 is 1.78. The largest absolute Gasteiger partial charge is 0.350 e. The SMILES string of the molecule is Cn1cnnc1SCC(=O)N[C@H]1CC(=O)N(CC2CCCCC2)C1. The smallest absolute Gasteiger partial charge is 0.230 e. The van der Waals surface area contributed by atoms with Crippen LogP contribution < -0.4 is 5.32 Å². The van der Waals surface area contributed by atoms with Gasteiger partial charge in [-0.1, -0.05) is 31.0 Å². The molecule has 1 aliphatic carbocycles. The van der Waals surface area contributed by atoms with Crippen LogP contribution in [-0.4, -0.2) is 56.4 Å². The maximum absolute atomic E-state index is 12.2. The highest BCUT2D eigenvalue weighted by Gasteiger charge is 2.32. The number of rotatable bonds is 6. The second-order valence-electron chi connectivity index (χ2n) is 6.78. The molecule has 2 aliphatic rings. The lowest BCUT2D eigenvalue weighted by Gasteiger charge is -2.27. The standard InChI is InChI=1S/C16H25N5O2S/c1-20-11-17-19-16(20)24-10-14(22)18-13-7-15(23)21(9-13)8-12-5-3-2-4-6-12/h11-13H,2-10H2,1H3,(H,18,22)/t13-/m0/s1. The Morgan fingerprint density at radius 2 is 2.17 bits per heavy atom. The van der Waals surface area contributed by atoms with E-state index >= 15 is 0 Å². The zero-order valence-corrected chi connectivity index (χ0v) is 14.9. The zero-order valence-electron chi connectivity index (χ0n) is 14.1. The highest BCUT2D eigenvalue weighted by Crippen LogP contribution is 2.26. The molecule has 24 heavy (non-hydrogen) atoms. The van der Waals surface area contributed by atoms with Crippen molar-refractivity contribution in [2.24, 2.45) is 13.0 Å². The van der Waals surface area contributed by atoms with Crippen molar-refractivity contribution in [1.29, 1.82) is 0 Å². The highest BCUT2D eigenvalue weighted by molar-refractivity contribution is 7.99. The van der Waals surface area contributed by atoms with Crippen LogP contribution in [0, 0.1) is 5.92 Å². The lowest BCUT2D eigenvalue weighted by molar-refractivity contribution is -0.128. The van der Waals surface area contributed by atoms with E-state index in [0.717, 1.165) is 6.54 Å². The molecule has 7 nitrogen and oxygen atoms in total. The number of nitrogens with zero attached hydrogens (tertiary/aromatic N) is 4. The van der Waals surface area contributed by atoms with Gasteiger partial charge in [-0.3, -0.25) is 9.59 Å². The van der Waals surface area contributed by atoms with Gasteiger partial charge in [-0.25, -0.2) is 0 Å². The van der Waals surface area contributed by atoms with Gasteiger partial charge in [0.1, 0.15) is 6.33 Å². The third-order valence-corrected chi connectivity index (χ3v) is 5.82. The van der Waals surface area contributed by atoms with Crippen molar-refractivity contribution in [3.05, 3.63) is 6.33 Å². The summed E-state index contributed by atoms with van der Waals surface area (Å²) in [5.74, 6) is 1.05. The maximum atomic E-state index is 12.2. The van der Waals surface area contributed by atoms with Crippen LogP contribution in [0.1, 0.15) is 38.5 Å². The number of nitrogens with one attached hydrogen (secondary N) is 1. The molecule has 1 atom stereocenters. The average Bonchev–Trinajstić information content (AvgIpc) is 3.12. The van der Waals surface area contributed by atoms with Crippen LogP contribution in [0.5, 0.6) is 0 Å². The molecule has 1 aromatic heterocycles. The number of likely N-dealkylation sites (tertiary alicyclic amines) is 1. The Kier molecular flexibility index (Phi) is 5.76. The fourth-order valence-corrected chi connectivity index (χ4v) is 4.23. The minimum atomic E-state index is -0.0614. The number of carbonyl (C=O) groups is 2. The van der Waals surface area contributed by atoms with Crippen LogP contribution in [0.25, 0.3) is 0 Å². The molecule has 1 saturated carbocycles. The summed E-state index contributed by atoms with van der Waals surface area (Å²) in [6.07, 6.45) is 8.39. The van der Waals surface area contributed by atoms with E-state index in [-0.39, 0.29) is 17.9 Å². The summed E-state index contributed by atoms with van der Waals surface area (Å²) in [6, 6.07) is -0.0614. The summed E-state index contributed by atoms with van der Waals surface area (Å²) in [7, 11) is 1.85. The average molecular weight is 351 g/mol. The molecule has 2 amide bonds. The molecule has 0 aromatic carbocycles. The molecule has 3 rings (SSSR count). The van der Waals surface area contributed by atoms with Crippen molar-refractivity contribution >= 4 is 23.6 Å². The van der Waals surface area contributed by atoms with Gasteiger partial charge in [0.15, 0.2) is 5.16 Å². The molecule has 0 bridgehead atoms. The molecule has 0 unspecified atom stereocenters. The quantitative estimate of drug-likeness (QED) is 0.779.